The molecule has 0 radical (unpaired) electrons. The van der Waals surface area contributed by atoms with Crippen molar-refractivity contribution in [1.29, 1.82) is 0 Å². The number of carbonyl (C=O) groups excluding carboxylic acids is 1. The zero-order valence-electron chi connectivity index (χ0n) is 13.9. The Bertz CT molecular complexity index is 883. The van der Waals surface area contributed by atoms with E-state index in [4.69, 9.17) is 0 Å². The van der Waals surface area contributed by atoms with E-state index >= 15 is 0 Å². The van der Waals surface area contributed by atoms with Gasteiger partial charge < -0.3 is 5.32 Å². The minimum atomic E-state index is -4.47. The SMILES string of the molecule is CCCN1NCc2c(C3C(=O)Nc4ccc(C(F)(F)F)cc43)ncnc21. The molecule has 0 bridgehead atoms. The first-order chi connectivity index (χ1) is 12.4. The first-order valence-corrected chi connectivity index (χ1v) is 8.27. The smallest absolute Gasteiger partial charge is 0.325 e. The molecule has 6 nitrogen and oxygen atoms in total. The zero-order chi connectivity index (χ0) is 18.5. The van der Waals surface area contributed by atoms with E-state index < -0.39 is 17.7 Å². The predicted molar refractivity (Wildman–Crippen MR) is 88.4 cm³/mol. The molecule has 1 amide bonds. The van der Waals surface area contributed by atoms with Gasteiger partial charge in [-0.1, -0.05) is 6.92 Å². The largest absolute Gasteiger partial charge is 0.416 e. The number of nitrogens with zero attached hydrogens (tertiary/aromatic N) is 3. The molecule has 1 aromatic carbocycles. The lowest BCUT2D eigenvalue weighted by Crippen LogP contribution is -2.32. The van der Waals surface area contributed by atoms with E-state index in [2.05, 4.69) is 20.7 Å². The van der Waals surface area contributed by atoms with Crippen LogP contribution in [-0.2, 0) is 17.5 Å². The third-order valence-electron chi connectivity index (χ3n) is 4.59. The van der Waals surface area contributed by atoms with E-state index in [0.29, 0.717) is 29.3 Å². The van der Waals surface area contributed by atoms with Crippen LogP contribution in [0.4, 0.5) is 24.7 Å². The summed E-state index contributed by atoms with van der Waals surface area (Å²) in [6.07, 6.45) is -2.23. The second-order valence-electron chi connectivity index (χ2n) is 6.27. The molecule has 0 saturated carbocycles. The third kappa shape index (κ3) is 2.59. The molecule has 0 saturated heterocycles. The van der Waals surface area contributed by atoms with Gasteiger partial charge >= 0.3 is 6.18 Å². The highest BCUT2D eigenvalue weighted by atomic mass is 19.4. The topological polar surface area (TPSA) is 70.2 Å². The van der Waals surface area contributed by atoms with Gasteiger partial charge in [0.05, 0.1) is 11.3 Å². The average Bonchev–Trinajstić information content (AvgIpc) is 3.14. The number of halogens is 3. The van der Waals surface area contributed by atoms with Crippen LogP contribution in [0.1, 0.15) is 41.6 Å². The summed E-state index contributed by atoms with van der Waals surface area (Å²) in [6, 6.07) is 3.29. The summed E-state index contributed by atoms with van der Waals surface area (Å²) in [7, 11) is 0. The number of carbonyl (C=O) groups is 1. The molecule has 9 heteroatoms. The van der Waals surface area contributed by atoms with Gasteiger partial charge in [-0.3, -0.25) is 9.80 Å². The highest BCUT2D eigenvalue weighted by Gasteiger charge is 2.39. The van der Waals surface area contributed by atoms with Crippen LogP contribution in [0.15, 0.2) is 24.5 Å². The quantitative estimate of drug-likeness (QED) is 0.878. The van der Waals surface area contributed by atoms with E-state index in [0.717, 1.165) is 30.7 Å². The van der Waals surface area contributed by atoms with Crippen molar-refractivity contribution in [2.75, 3.05) is 16.9 Å². The highest BCUT2D eigenvalue weighted by Crippen LogP contribution is 2.42. The van der Waals surface area contributed by atoms with E-state index in [1.54, 1.807) is 0 Å². The number of nitrogens with one attached hydrogen (secondary N) is 2. The summed E-state index contributed by atoms with van der Waals surface area (Å²) in [4.78, 5) is 21.0. The third-order valence-corrected chi connectivity index (χ3v) is 4.59. The van der Waals surface area contributed by atoms with Crippen molar-refractivity contribution in [2.45, 2.75) is 32.0 Å². The maximum absolute atomic E-state index is 13.1. The van der Waals surface area contributed by atoms with Gasteiger partial charge in [0.25, 0.3) is 0 Å². The Morgan fingerprint density at radius 2 is 2.12 bits per heavy atom. The average molecular weight is 363 g/mol. The van der Waals surface area contributed by atoms with Gasteiger partial charge in [0.1, 0.15) is 12.2 Å². The van der Waals surface area contributed by atoms with Gasteiger partial charge in [-0.05, 0) is 30.2 Å². The summed E-state index contributed by atoms with van der Waals surface area (Å²) in [5.74, 6) is -0.591. The van der Waals surface area contributed by atoms with Crippen molar-refractivity contribution < 1.29 is 18.0 Å². The Morgan fingerprint density at radius 3 is 2.85 bits per heavy atom. The number of rotatable bonds is 3. The molecule has 0 spiro atoms. The Kier molecular flexibility index (Phi) is 3.83. The monoisotopic (exact) mass is 363 g/mol. The fourth-order valence-electron chi connectivity index (χ4n) is 3.43. The molecule has 2 aromatic rings. The maximum Gasteiger partial charge on any atom is 0.416 e. The highest BCUT2D eigenvalue weighted by molar-refractivity contribution is 6.05. The lowest BCUT2D eigenvalue weighted by Gasteiger charge is -2.17. The van der Waals surface area contributed by atoms with Crippen LogP contribution in [0, 0.1) is 0 Å². The lowest BCUT2D eigenvalue weighted by atomic mass is 9.92. The molecule has 0 fully saturated rings. The zero-order valence-corrected chi connectivity index (χ0v) is 13.9. The van der Waals surface area contributed by atoms with Gasteiger partial charge in [-0.15, -0.1) is 0 Å². The summed E-state index contributed by atoms with van der Waals surface area (Å²) in [5.41, 5.74) is 4.26. The van der Waals surface area contributed by atoms with Crippen LogP contribution in [0.2, 0.25) is 0 Å². The number of fused-ring (bicyclic) bond motifs is 2. The molecule has 0 aliphatic carbocycles. The molecule has 4 rings (SSSR count). The van der Waals surface area contributed by atoms with Crippen LogP contribution < -0.4 is 15.8 Å². The fourth-order valence-corrected chi connectivity index (χ4v) is 3.43. The van der Waals surface area contributed by atoms with Gasteiger partial charge in [-0.25, -0.2) is 15.4 Å². The van der Waals surface area contributed by atoms with Gasteiger partial charge in [0, 0.05) is 24.3 Å². The van der Waals surface area contributed by atoms with Crippen molar-refractivity contribution >= 4 is 17.4 Å². The molecule has 3 heterocycles. The molecular formula is C17H16F3N5O. The van der Waals surface area contributed by atoms with Crippen molar-refractivity contribution in [1.82, 2.24) is 15.4 Å². The Hall–Kier alpha value is -2.68. The van der Waals surface area contributed by atoms with Gasteiger partial charge in [0.2, 0.25) is 5.91 Å². The number of benzene rings is 1. The van der Waals surface area contributed by atoms with Crippen molar-refractivity contribution in [3.05, 3.63) is 46.9 Å². The summed E-state index contributed by atoms with van der Waals surface area (Å²) in [6.45, 7) is 3.19. The van der Waals surface area contributed by atoms with Crippen LogP contribution in [-0.4, -0.2) is 22.4 Å². The maximum atomic E-state index is 13.1. The first-order valence-electron chi connectivity index (χ1n) is 8.27. The second-order valence-corrected chi connectivity index (χ2v) is 6.27. The molecule has 2 aliphatic heterocycles. The van der Waals surface area contributed by atoms with Gasteiger partial charge in [-0.2, -0.15) is 13.2 Å². The molecule has 1 aromatic heterocycles. The Balaban J connectivity index is 1.81. The lowest BCUT2D eigenvalue weighted by molar-refractivity contribution is -0.137. The molecule has 2 aliphatic rings. The standard InChI is InChI=1S/C17H16F3N5O/c1-2-5-25-15-11(7-23-25)14(21-8-22-15)13-10-6-9(17(18,19)20)3-4-12(10)24-16(13)26/h3-4,6,8,13,23H,2,5,7H2,1H3,(H,24,26). The predicted octanol–water partition coefficient (Wildman–Crippen LogP) is 2.81. The minimum absolute atomic E-state index is 0.291. The van der Waals surface area contributed by atoms with E-state index in [1.807, 2.05) is 11.9 Å². The summed E-state index contributed by atoms with van der Waals surface area (Å²) < 4.78 is 39.3. The summed E-state index contributed by atoms with van der Waals surface area (Å²) in [5, 5.41) is 4.53. The molecule has 26 heavy (non-hydrogen) atoms. The number of alkyl halides is 3. The van der Waals surface area contributed by atoms with Crippen LogP contribution in [0.3, 0.4) is 0 Å². The number of hydrogen-bond donors (Lipinski definition) is 2. The Labute approximate surface area is 147 Å². The molecule has 2 N–H and O–H groups in total. The van der Waals surface area contributed by atoms with Crippen LogP contribution >= 0.6 is 0 Å². The van der Waals surface area contributed by atoms with Crippen molar-refractivity contribution in [3.8, 4) is 0 Å². The van der Waals surface area contributed by atoms with Crippen LogP contribution in [0.25, 0.3) is 0 Å². The number of aromatic nitrogens is 2. The van der Waals surface area contributed by atoms with Crippen molar-refractivity contribution in [3.63, 3.8) is 0 Å². The second kappa shape index (κ2) is 5.94. The molecule has 1 atom stereocenters. The van der Waals surface area contributed by atoms with E-state index in [-0.39, 0.29) is 5.91 Å². The minimum Gasteiger partial charge on any atom is -0.325 e. The molecule has 1 unspecified atom stereocenters. The Morgan fingerprint density at radius 1 is 1.31 bits per heavy atom. The number of hydrogen-bond acceptors (Lipinski definition) is 5. The molecule has 136 valence electrons. The van der Waals surface area contributed by atoms with Crippen LogP contribution in [0.5, 0.6) is 0 Å². The normalized spacial score (nSPS) is 18.7. The number of amides is 1. The fraction of sp³-hybridized carbons (Fsp3) is 0.353. The van der Waals surface area contributed by atoms with Crippen molar-refractivity contribution in [2.24, 2.45) is 0 Å². The first kappa shape index (κ1) is 16.8. The number of hydrazine groups is 1. The summed E-state index contributed by atoms with van der Waals surface area (Å²) >= 11 is 0. The van der Waals surface area contributed by atoms with E-state index in [9.17, 15) is 18.0 Å². The van der Waals surface area contributed by atoms with Gasteiger partial charge in [0.15, 0.2) is 5.82 Å². The molecular weight excluding hydrogens is 347 g/mol. The van der Waals surface area contributed by atoms with E-state index in [1.165, 1.54) is 12.4 Å². The number of anilines is 2.